The fraction of sp³-hybridized carbons (Fsp3) is 0.250. The molecule has 0 spiro atoms. The van der Waals surface area contributed by atoms with Crippen molar-refractivity contribution in [2.75, 3.05) is 19.0 Å². The molecule has 0 unspecified atom stereocenters. The molecule has 8 heteroatoms. The SMILES string of the molecule is COC(=O)c1ccc(NCCc2ncno2)c(F)c1F. The molecular formula is C12H11F2N3O3. The van der Waals surface area contributed by atoms with E-state index in [1.54, 1.807) is 0 Å². The van der Waals surface area contributed by atoms with Crippen LogP contribution in [0, 0.1) is 11.6 Å². The minimum atomic E-state index is -1.25. The van der Waals surface area contributed by atoms with Crippen LogP contribution in [-0.4, -0.2) is 29.8 Å². The second-order valence-corrected chi connectivity index (χ2v) is 3.79. The number of rotatable bonds is 5. The van der Waals surface area contributed by atoms with E-state index in [4.69, 9.17) is 4.52 Å². The third kappa shape index (κ3) is 2.90. The summed E-state index contributed by atoms with van der Waals surface area (Å²) >= 11 is 0. The number of hydrogen-bond donors (Lipinski definition) is 1. The lowest BCUT2D eigenvalue weighted by Crippen LogP contribution is -2.11. The Morgan fingerprint density at radius 1 is 1.40 bits per heavy atom. The van der Waals surface area contributed by atoms with Gasteiger partial charge in [0.1, 0.15) is 0 Å². The van der Waals surface area contributed by atoms with Gasteiger partial charge in [-0.3, -0.25) is 0 Å². The molecule has 0 aliphatic rings. The summed E-state index contributed by atoms with van der Waals surface area (Å²) in [5.74, 6) is -2.94. The molecule has 6 nitrogen and oxygen atoms in total. The summed E-state index contributed by atoms with van der Waals surface area (Å²) in [6, 6.07) is 2.41. The lowest BCUT2D eigenvalue weighted by molar-refractivity contribution is 0.0594. The van der Waals surface area contributed by atoms with Crippen molar-refractivity contribution in [3.05, 3.63) is 41.5 Å². The van der Waals surface area contributed by atoms with Gasteiger partial charge in [0, 0.05) is 13.0 Å². The molecule has 20 heavy (non-hydrogen) atoms. The van der Waals surface area contributed by atoms with Crippen molar-refractivity contribution in [3.63, 3.8) is 0 Å². The monoisotopic (exact) mass is 283 g/mol. The summed E-state index contributed by atoms with van der Waals surface area (Å²) in [5, 5.41) is 6.10. The van der Waals surface area contributed by atoms with Gasteiger partial charge in [0.2, 0.25) is 5.89 Å². The molecule has 0 radical (unpaired) electrons. The van der Waals surface area contributed by atoms with Crippen LogP contribution in [0.5, 0.6) is 0 Å². The number of esters is 1. The Morgan fingerprint density at radius 2 is 2.20 bits per heavy atom. The van der Waals surface area contributed by atoms with E-state index < -0.39 is 23.2 Å². The number of benzene rings is 1. The lowest BCUT2D eigenvalue weighted by Gasteiger charge is -2.09. The van der Waals surface area contributed by atoms with Gasteiger partial charge in [-0.1, -0.05) is 5.16 Å². The number of carbonyl (C=O) groups excluding carboxylic acids is 1. The normalized spacial score (nSPS) is 10.3. The lowest BCUT2D eigenvalue weighted by atomic mass is 10.1. The van der Waals surface area contributed by atoms with E-state index in [1.165, 1.54) is 12.4 Å². The number of anilines is 1. The number of halogens is 2. The van der Waals surface area contributed by atoms with Gasteiger partial charge >= 0.3 is 5.97 Å². The number of aromatic nitrogens is 2. The minimum absolute atomic E-state index is 0.0605. The summed E-state index contributed by atoms with van der Waals surface area (Å²) in [7, 11) is 1.09. The Kier molecular flexibility index (Phi) is 4.24. The highest BCUT2D eigenvalue weighted by molar-refractivity contribution is 5.90. The fourth-order valence-electron chi connectivity index (χ4n) is 1.56. The zero-order valence-electron chi connectivity index (χ0n) is 10.5. The average Bonchev–Trinajstić information content (AvgIpc) is 2.96. The molecule has 2 aromatic rings. The number of nitrogens with one attached hydrogen (secondary N) is 1. The first-order valence-corrected chi connectivity index (χ1v) is 5.69. The van der Waals surface area contributed by atoms with Crippen molar-refractivity contribution in [3.8, 4) is 0 Å². The molecule has 1 aromatic carbocycles. The van der Waals surface area contributed by atoms with Crippen molar-refractivity contribution in [2.45, 2.75) is 6.42 Å². The summed E-state index contributed by atoms with van der Waals surface area (Å²) in [5.41, 5.74) is -0.512. The number of ether oxygens (including phenoxy) is 1. The van der Waals surface area contributed by atoms with Crippen LogP contribution in [0.2, 0.25) is 0 Å². The minimum Gasteiger partial charge on any atom is -0.465 e. The van der Waals surface area contributed by atoms with Crippen LogP contribution in [-0.2, 0) is 11.2 Å². The van der Waals surface area contributed by atoms with Crippen molar-refractivity contribution < 1.29 is 22.8 Å². The summed E-state index contributed by atoms with van der Waals surface area (Å²) < 4.78 is 36.5. The molecule has 0 atom stereocenters. The maximum Gasteiger partial charge on any atom is 0.340 e. The predicted octanol–water partition coefficient (Wildman–Crippen LogP) is 1.79. The third-order valence-corrected chi connectivity index (χ3v) is 2.55. The molecule has 1 heterocycles. The molecule has 0 bridgehead atoms. The molecule has 106 valence electrons. The Morgan fingerprint density at radius 3 is 2.85 bits per heavy atom. The van der Waals surface area contributed by atoms with E-state index in [-0.39, 0.29) is 12.2 Å². The topological polar surface area (TPSA) is 77.2 Å². The highest BCUT2D eigenvalue weighted by Crippen LogP contribution is 2.21. The van der Waals surface area contributed by atoms with Crippen LogP contribution in [0.1, 0.15) is 16.2 Å². The van der Waals surface area contributed by atoms with E-state index in [0.29, 0.717) is 12.3 Å². The van der Waals surface area contributed by atoms with E-state index in [0.717, 1.165) is 13.2 Å². The van der Waals surface area contributed by atoms with Crippen LogP contribution < -0.4 is 5.32 Å². The van der Waals surface area contributed by atoms with Crippen molar-refractivity contribution in [2.24, 2.45) is 0 Å². The fourth-order valence-corrected chi connectivity index (χ4v) is 1.56. The Hall–Kier alpha value is -2.51. The number of hydrogen-bond acceptors (Lipinski definition) is 6. The number of nitrogens with zero attached hydrogens (tertiary/aromatic N) is 2. The number of carbonyl (C=O) groups is 1. The number of methoxy groups -OCH3 is 1. The molecule has 0 saturated carbocycles. The van der Waals surface area contributed by atoms with E-state index in [2.05, 4.69) is 20.2 Å². The first-order chi connectivity index (χ1) is 9.63. The highest BCUT2D eigenvalue weighted by atomic mass is 19.2. The molecular weight excluding hydrogens is 272 g/mol. The van der Waals surface area contributed by atoms with Crippen LogP contribution in [0.15, 0.2) is 23.0 Å². The predicted molar refractivity (Wildman–Crippen MR) is 64.2 cm³/mol. The first kappa shape index (κ1) is 13.9. The summed E-state index contributed by atoms with van der Waals surface area (Å²) in [6.07, 6.45) is 1.61. The van der Waals surface area contributed by atoms with Gasteiger partial charge in [-0.25, -0.2) is 13.6 Å². The quantitative estimate of drug-likeness (QED) is 0.843. The third-order valence-electron chi connectivity index (χ3n) is 2.55. The smallest absolute Gasteiger partial charge is 0.340 e. The van der Waals surface area contributed by atoms with Crippen LogP contribution in [0.25, 0.3) is 0 Å². The van der Waals surface area contributed by atoms with Crippen LogP contribution >= 0.6 is 0 Å². The summed E-state index contributed by atoms with van der Waals surface area (Å²) in [6.45, 7) is 0.274. The van der Waals surface area contributed by atoms with Gasteiger partial charge in [0.15, 0.2) is 18.0 Å². The van der Waals surface area contributed by atoms with Crippen molar-refractivity contribution in [1.82, 2.24) is 10.1 Å². The van der Waals surface area contributed by atoms with Crippen molar-refractivity contribution >= 4 is 11.7 Å². The van der Waals surface area contributed by atoms with E-state index in [1.807, 2.05) is 0 Å². The highest BCUT2D eigenvalue weighted by Gasteiger charge is 2.18. The van der Waals surface area contributed by atoms with Gasteiger partial charge < -0.3 is 14.6 Å². The maximum absolute atomic E-state index is 13.7. The molecule has 0 saturated heterocycles. The van der Waals surface area contributed by atoms with Crippen LogP contribution in [0.3, 0.4) is 0 Å². The zero-order valence-corrected chi connectivity index (χ0v) is 10.5. The summed E-state index contributed by atoms with van der Waals surface area (Å²) in [4.78, 5) is 15.0. The van der Waals surface area contributed by atoms with Gasteiger partial charge in [0.25, 0.3) is 0 Å². The molecule has 2 rings (SSSR count). The average molecular weight is 283 g/mol. The van der Waals surface area contributed by atoms with Crippen molar-refractivity contribution in [1.29, 1.82) is 0 Å². The van der Waals surface area contributed by atoms with Gasteiger partial charge in [-0.05, 0) is 12.1 Å². The Balaban J connectivity index is 2.05. The van der Waals surface area contributed by atoms with Gasteiger partial charge in [-0.15, -0.1) is 0 Å². The molecule has 0 aliphatic carbocycles. The standard InChI is InChI=1S/C12H11F2N3O3/c1-19-12(18)7-2-3-8(11(14)10(7)13)15-5-4-9-16-6-17-20-9/h2-3,6,15H,4-5H2,1H3. The Bertz CT molecular complexity index is 602. The molecule has 0 amide bonds. The zero-order chi connectivity index (χ0) is 14.5. The molecule has 0 fully saturated rings. The Labute approximate surface area is 112 Å². The van der Waals surface area contributed by atoms with Gasteiger partial charge in [0.05, 0.1) is 18.4 Å². The second-order valence-electron chi connectivity index (χ2n) is 3.79. The van der Waals surface area contributed by atoms with E-state index >= 15 is 0 Å². The van der Waals surface area contributed by atoms with E-state index in [9.17, 15) is 13.6 Å². The molecule has 1 N–H and O–H groups in total. The maximum atomic E-state index is 13.7. The largest absolute Gasteiger partial charge is 0.465 e. The molecule has 0 aliphatic heterocycles. The van der Waals surface area contributed by atoms with Gasteiger partial charge in [-0.2, -0.15) is 4.98 Å². The first-order valence-electron chi connectivity index (χ1n) is 5.69. The van der Waals surface area contributed by atoms with Crippen LogP contribution in [0.4, 0.5) is 14.5 Å². The second kappa shape index (κ2) is 6.09. The molecule has 1 aromatic heterocycles.